The third-order valence-electron chi connectivity index (χ3n) is 11.5. The lowest BCUT2D eigenvalue weighted by molar-refractivity contribution is -0.149. The second-order valence-corrected chi connectivity index (χ2v) is 13.7. The van der Waals surface area contributed by atoms with Gasteiger partial charge in [0, 0.05) is 33.3 Å². The van der Waals surface area contributed by atoms with E-state index in [0.29, 0.717) is 30.3 Å². The van der Waals surface area contributed by atoms with Gasteiger partial charge in [0.1, 0.15) is 23.6 Å². The van der Waals surface area contributed by atoms with Crippen molar-refractivity contribution in [3.63, 3.8) is 0 Å². The van der Waals surface area contributed by atoms with Gasteiger partial charge in [-0.1, -0.05) is 32.4 Å². The van der Waals surface area contributed by atoms with Crippen molar-refractivity contribution in [2.24, 2.45) is 40.4 Å². The van der Waals surface area contributed by atoms with Crippen molar-refractivity contribution in [2.75, 3.05) is 13.7 Å². The van der Waals surface area contributed by atoms with E-state index in [2.05, 4.69) is 39.8 Å². The highest BCUT2D eigenvalue weighted by atomic mass is 16.6. The van der Waals surface area contributed by atoms with Crippen molar-refractivity contribution in [2.45, 2.75) is 111 Å². The summed E-state index contributed by atoms with van der Waals surface area (Å²) in [6, 6.07) is 0. The number of carbonyl (C=O) groups excluding carboxylic acids is 2. The van der Waals surface area contributed by atoms with Crippen LogP contribution >= 0.6 is 0 Å². The molecule has 0 spiro atoms. The van der Waals surface area contributed by atoms with Gasteiger partial charge in [-0.3, -0.25) is 9.59 Å². The Labute approximate surface area is 228 Å². The second kappa shape index (κ2) is 9.98. The van der Waals surface area contributed by atoms with Crippen LogP contribution in [-0.4, -0.2) is 43.5 Å². The first-order valence-electron chi connectivity index (χ1n) is 14.8. The Morgan fingerprint density at radius 3 is 2.58 bits per heavy atom. The van der Waals surface area contributed by atoms with E-state index in [0.717, 1.165) is 44.3 Å². The van der Waals surface area contributed by atoms with E-state index in [9.17, 15) is 9.59 Å². The monoisotopic (exact) mass is 528 g/mol. The minimum Gasteiger partial charge on any atom is -0.492 e. The molecule has 1 heterocycles. The maximum atomic E-state index is 11.6. The third kappa shape index (κ3) is 4.43. The molecule has 6 heteroatoms. The molecule has 0 amide bonds. The Hall–Kier alpha value is -1.82. The molecule has 10 atom stereocenters. The fraction of sp³-hybridized carbons (Fsp3) is 0.812. The average Bonchev–Trinajstić information content (AvgIpc) is 3.32. The zero-order chi connectivity index (χ0) is 27.5. The number of rotatable bonds is 6. The first kappa shape index (κ1) is 27.7. The van der Waals surface area contributed by atoms with Crippen LogP contribution < -0.4 is 0 Å². The molecule has 1 aliphatic heterocycles. The van der Waals surface area contributed by atoms with Crippen molar-refractivity contribution in [1.82, 2.24) is 0 Å². The summed E-state index contributed by atoms with van der Waals surface area (Å²) in [5, 5.41) is 0. The molecule has 4 fully saturated rings. The first-order chi connectivity index (χ1) is 17.9. The largest absolute Gasteiger partial charge is 0.492 e. The number of esters is 2. The van der Waals surface area contributed by atoms with E-state index in [1.54, 1.807) is 0 Å². The van der Waals surface area contributed by atoms with E-state index >= 15 is 0 Å². The molecule has 6 nitrogen and oxygen atoms in total. The van der Waals surface area contributed by atoms with Crippen LogP contribution in [0.25, 0.3) is 0 Å². The maximum absolute atomic E-state index is 11.6. The molecular formula is C32H48O6. The summed E-state index contributed by atoms with van der Waals surface area (Å²) in [5.74, 6) is 3.11. The Morgan fingerprint density at radius 1 is 1.13 bits per heavy atom. The minimum atomic E-state index is -0.441. The Morgan fingerprint density at radius 2 is 1.89 bits per heavy atom. The highest BCUT2D eigenvalue weighted by Gasteiger charge is 2.69. The van der Waals surface area contributed by atoms with E-state index < -0.39 is 5.60 Å². The number of allylic oxidation sites excluding steroid dienone is 2. The molecule has 5 aliphatic rings. The fourth-order valence-electron chi connectivity index (χ4n) is 9.60. The summed E-state index contributed by atoms with van der Waals surface area (Å²) in [6.07, 6.45) is 13.4. The van der Waals surface area contributed by atoms with Crippen LogP contribution in [0.2, 0.25) is 0 Å². The van der Waals surface area contributed by atoms with Crippen LogP contribution in [0, 0.1) is 40.4 Å². The number of carbonyl (C=O) groups is 2. The van der Waals surface area contributed by atoms with Crippen LogP contribution in [0.15, 0.2) is 23.5 Å². The predicted octanol–water partition coefficient (Wildman–Crippen LogP) is 6.38. The van der Waals surface area contributed by atoms with Crippen LogP contribution in [0.1, 0.15) is 92.9 Å². The molecular weight excluding hydrogens is 480 g/mol. The Kier molecular flexibility index (Phi) is 7.28. The van der Waals surface area contributed by atoms with Crippen LogP contribution in [0.3, 0.4) is 0 Å². The van der Waals surface area contributed by atoms with E-state index in [1.165, 1.54) is 32.3 Å². The molecule has 4 aliphatic carbocycles. The van der Waals surface area contributed by atoms with Crippen molar-refractivity contribution in [3.8, 4) is 0 Å². The molecule has 0 radical (unpaired) electrons. The van der Waals surface area contributed by atoms with Gasteiger partial charge in [0.25, 0.3) is 0 Å². The number of fused-ring (bicyclic) bond motifs is 7. The lowest BCUT2D eigenvalue weighted by Crippen LogP contribution is -2.53. The van der Waals surface area contributed by atoms with Crippen LogP contribution in [-0.2, 0) is 28.5 Å². The Bertz CT molecular complexity index is 1020. The van der Waals surface area contributed by atoms with Crippen molar-refractivity contribution in [3.05, 3.63) is 23.5 Å². The van der Waals surface area contributed by atoms with Gasteiger partial charge >= 0.3 is 11.9 Å². The lowest BCUT2D eigenvalue weighted by atomic mass is 9.46. The molecule has 212 valence electrons. The van der Waals surface area contributed by atoms with Gasteiger partial charge < -0.3 is 18.9 Å². The van der Waals surface area contributed by atoms with E-state index in [4.69, 9.17) is 18.9 Å². The molecule has 1 saturated heterocycles. The van der Waals surface area contributed by atoms with E-state index in [-0.39, 0.29) is 40.9 Å². The smallest absolute Gasteiger partial charge is 0.302 e. The van der Waals surface area contributed by atoms with E-state index in [1.807, 2.05) is 7.11 Å². The normalized spacial score (nSPS) is 45.1. The van der Waals surface area contributed by atoms with Gasteiger partial charge in [-0.15, -0.1) is 0 Å². The van der Waals surface area contributed by atoms with Gasteiger partial charge in [0.2, 0.25) is 0 Å². The second-order valence-electron chi connectivity index (χ2n) is 13.7. The number of ether oxygens (including phenoxy) is 4. The molecule has 0 aromatic rings. The van der Waals surface area contributed by atoms with Gasteiger partial charge in [-0.2, -0.15) is 0 Å². The molecule has 3 saturated carbocycles. The van der Waals surface area contributed by atoms with Crippen molar-refractivity contribution >= 4 is 11.9 Å². The molecule has 0 N–H and O–H groups in total. The first-order valence-corrected chi connectivity index (χ1v) is 14.8. The van der Waals surface area contributed by atoms with Gasteiger partial charge in [0.15, 0.2) is 0 Å². The molecule has 0 aromatic carbocycles. The number of hydrogen-bond acceptors (Lipinski definition) is 6. The summed E-state index contributed by atoms with van der Waals surface area (Å²) >= 11 is 0. The summed E-state index contributed by atoms with van der Waals surface area (Å²) in [5.41, 5.74) is 1.48. The molecule has 1 unspecified atom stereocenters. The zero-order valence-corrected chi connectivity index (χ0v) is 24.5. The van der Waals surface area contributed by atoms with Crippen molar-refractivity contribution < 1.29 is 28.5 Å². The minimum absolute atomic E-state index is 0.0424. The van der Waals surface area contributed by atoms with Crippen molar-refractivity contribution in [1.29, 1.82) is 0 Å². The summed E-state index contributed by atoms with van der Waals surface area (Å²) in [4.78, 5) is 22.8. The van der Waals surface area contributed by atoms with Crippen LogP contribution in [0.4, 0.5) is 0 Å². The van der Waals surface area contributed by atoms with Crippen LogP contribution in [0.5, 0.6) is 0 Å². The SMILES string of the molecule is CO[C@@]1(C)C(=CCC(C)COC(C)=O)O[C@H]2C[C@H]3[C@@H]4CC=C5C[C@@H](OC(C)=O)CC[C@]5(C)[C@H]4CC[C@]3(C)[C@H]21. The number of hydrogen-bond donors (Lipinski definition) is 0. The molecule has 38 heavy (non-hydrogen) atoms. The summed E-state index contributed by atoms with van der Waals surface area (Å²) < 4.78 is 23.9. The highest BCUT2D eigenvalue weighted by Crippen LogP contribution is 2.70. The topological polar surface area (TPSA) is 71.1 Å². The van der Waals surface area contributed by atoms with Gasteiger partial charge in [-0.05, 0) is 92.4 Å². The lowest BCUT2D eigenvalue weighted by Gasteiger charge is -2.58. The molecule has 0 bridgehead atoms. The van der Waals surface area contributed by atoms with Gasteiger partial charge in [0.05, 0.1) is 6.61 Å². The zero-order valence-electron chi connectivity index (χ0n) is 24.5. The summed E-state index contributed by atoms with van der Waals surface area (Å²) in [7, 11) is 1.84. The third-order valence-corrected chi connectivity index (χ3v) is 11.5. The molecule has 5 rings (SSSR count). The maximum Gasteiger partial charge on any atom is 0.302 e. The Balaban J connectivity index is 1.34. The quantitative estimate of drug-likeness (QED) is 0.294. The predicted molar refractivity (Wildman–Crippen MR) is 145 cm³/mol. The summed E-state index contributed by atoms with van der Waals surface area (Å²) in [6.45, 7) is 12.8. The standard InChI is InChI=1S/C32H48O6/c1-19(18-36-20(2)33)8-11-28-32(6,35-7)29-27(38-28)17-26-24-10-9-22-16-23(37-21(3)34)12-14-30(22,4)25(24)13-15-31(26,29)5/h9,11,19,23-27,29H,8,10,12-18H2,1-7H3/t19?,23-,24+,25-,26-,27-,29-,30-,31-,32-/m0/s1. The highest BCUT2D eigenvalue weighted by molar-refractivity contribution is 5.66. The average molecular weight is 529 g/mol. The molecule has 0 aromatic heterocycles. The fourth-order valence-corrected chi connectivity index (χ4v) is 9.60. The number of methoxy groups -OCH3 is 1. The van der Waals surface area contributed by atoms with Gasteiger partial charge in [-0.25, -0.2) is 0 Å².